The Kier molecular flexibility index (Phi) is 2.86. The molecule has 3 aromatic rings. The zero-order valence-corrected chi connectivity index (χ0v) is 11.5. The van der Waals surface area contributed by atoms with E-state index in [1.54, 1.807) is 12.4 Å². The molecule has 1 amide bonds. The molecule has 6 nitrogen and oxygen atoms in total. The topological polar surface area (TPSA) is 80.7 Å². The summed E-state index contributed by atoms with van der Waals surface area (Å²) < 4.78 is 0. The van der Waals surface area contributed by atoms with Gasteiger partial charge in [0.25, 0.3) is 5.91 Å². The van der Waals surface area contributed by atoms with Crippen molar-refractivity contribution in [1.82, 2.24) is 25.3 Å². The molecule has 2 aromatic heterocycles. The summed E-state index contributed by atoms with van der Waals surface area (Å²) in [6.45, 7) is 0.492. The molecule has 1 N–H and O–H groups in total. The SMILES string of the molecule is O=C1NCc2c1ccc(-c1ccncn1)c2-c1ccncn1. The van der Waals surface area contributed by atoms with E-state index < -0.39 is 0 Å². The minimum Gasteiger partial charge on any atom is -0.348 e. The van der Waals surface area contributed by atoms with Gasteiger partial charge >= 0.3 is 0 Å². The zero-order chi connectivity index (χ0) is 14.9. The summed E-state index contributed by atoms with van der Waals surface area (Å²) in [6, 6.07) is 7.42. The molecule has 3 heterocycles. The molecule has 1 aliphatic heterocycles. The van der Waals surface area contributed by atoms with Crippen molar-refractivity contribution in [2.24, 2.45) is 0 Å². The van der Waals surface area contributed by atoms with Gasteiger partial charge < -0.3 is 5.32 Å². The third kappa shape index (κ3) is 1.93. The number of hydrogen-bond acceptors (Lipinski definition) is 5. The van der Waals surface area contributed by atoms with Crippen LogP contribution in [0.4, 0.5) is 0 Å². The number of carbonyl (C=O) groups excluding carboxylic acids is 1. The van der Waals surface area contributed by atoms with Crippen LogP contribution in [0, 0.1) is 0 Å². The lowest BCUT2D eigenvalue weighted by molar-refractivity contribution is 0.0966. The van der Waals surface area contributed by atoms with Crippen LogP contribution in [0.3, 0.4) is 0 Å². The first-order valence-electron chi connectivity index (χ1n) is 6.81. The second-order valence-corrected chi connectivity index (χ2v) is 4.89. The minimum absolute atomic E-state index is 0.0560. The smallest absolute Gasteiger partial charge is 0.251 e. The molecule has 0 bridgehead atoms. The van der Waals surface area contributed by atoms with E-state index in [9.17, 15) is 4.79 Å². The standard InChI is InChI=1S/C16H11N5O/c22-16-10-1-2-11(13-3-5-17-8-20-13)15(12(10)7-19-16)14-4-6-18-9-21-14/h1-6,8-9H,7H2,(H,19,22). The molecule has 0 aliphatic carbocycles. The lowest BCUT2D eigenvalue weighted by Gasteiger charge is -2.12. The van der Waals surface area contributed by atoms with Crippen LogP contribution in [0.25, 0.3) is 22.5 Å². The van der Waals surface area contributed by atoms with Crippen LogP contribution in [0.2, 0.25) is 0 Å². The lowest BCUT2D eigenvalue weighted by Crippen LogP contribution is -2.12. The van der Waals surface area contributed by atoms with Gasteiger partial charge in [0.15, 0.2) is 0 Å². The summed E-state index contributed by atoms with van der Waals surface area (Å²) in [6.07, 6.45) is 6.40. The fraction of sp³-hybridized carbons (Fsp3) is 0.0625. The molecule has 1 aromatic carbocycles. The van der Waals surface area contributed by atoms with Crippen LogP contribution < -0.4 is 5.32 Å². The van der Waals surface area contributed by atoms with E-state index >= 15 is 0 Å². The molecule has 106 valence electrons. The Morgan fingerprint density at radius 1 is 0.864 bits per heavy atom. The van der Waals surface area contributed by atoms with Crippen molar-refractivity contribution in [3.8, 4) is 22.5 Å². The van der Waals surface area contributed by atoms with Gasteiger partial charge in [0.2, 0.25) is 0 Å². The molecule has 0 fully saturated rings. The van der Waals surface area contributed by atoms with Crippen molar-refractivity contribution in [3.63, 3.8) is 0 Å². The normalized spacial score (nSPS) is 12.8. The molecular formula is C16H11N5O. The quantitative estimate of drug-likeness (QED) is 0.778. The molecular weight excluding hydrogens is 278 g/mol. The van der Waals surface area contributed by atoms with Crippen LogP contribution in [0.15, 0.2) is 49.3 Å². The number of hydrogen-bond donors (Lipinski definition) is 1. The van der Waals surface area contributed by atoms with Gasteiger partial charge in [-0.1, -0.05) is 6.07 Å². The molecule has 1 aliphatic rings. The van der Waals surface area contributed by atoms with Crippen molar-refractivity contribution in [2.45, 2.75) is 6.54 Å². The van der Waals surface area contributed by atoms with Gasteiger partial charge in [0, 0.05) is 35.6 Å². The molecule has 0 radical (unpaired) electrons. The maximum absolute atomic E-state index is 11.9. The van der Waals surface area contributed by atoms with Crippen molar-refractivity contribution >= 4 is 5.91 Å². The first-order chi connectivity index (χ1) is 10.8. The molecule has 0 saturated carbocycles. The maximum Gasteiger partial charge on any atom is 0.251 e. The van der Waals surface area contributed by atoms with E-state index in [0.717, 1.165) is 28.1 Å². The van der Waals surface area contributed by atoms with E-state index in [-0.39, 0.29) is 5.91 Å². The Morgan fingerprint density at radius 3 is 2.23 bits per heavy atom. The van der Waals surface area contributed by atoms with Gasteiger partial charge in [0.1, 0.15) is 12.7 Å². The number of carbonyl (C=O) groups is 1. The minimum atomic E-state index is -0.0560. The molecule has 4 rings (SSSR count). The van der Waals surface area contributed by atoms with Crippen LogP contribution in [0.1, 0.15) is 15.9 Å². The van der Waals surface area contributed by atoms with Crippen LogP contribution in [-0.2, 0) is 6.54 Å². The Bertz CT molecular complexity index is 849. The Labute approximate surface area is 126 Å². The van der Waals surface area contributed by atoms with Crippen LogP contribution in [0.5, 0.6) is 0 Å². The summed E-state index contributed by atoms with van der Waals surface area (Å²) in [7, 11) is 0. The highest BCUT2D eigenvalue weighted by molar-refractivity contribution is 6.02. The maximum atomic E-state index is 11.9. The number of rotatable bonds is 2. The number of nitrogens with one attached hydrogen (secondary N) is 1. The summed E-state index contributed by atoms with van der Waals surface area (Å²) in [5.74, 6) is -0.0560. The van der Waals surface area contributed by atoms with E-state index in [0.29, 0.717) is 12.1 Å². The van der Waals surface area contributed by atoms with Crippen LogP contribution in [-0.4, -0.2) is 25.8 Å². The predicted molar refractivity (Wildman–Crippen MR) is 79.7 cm³/mol. The predicted octanol–water partition coefficient (Wildman–Crippen LogP) is 1.84. The zero-order valence-electron chi connectivity index (χ0n) is 11.5. The summed E-state index contributed by atoms with van der Waals surface area (Å²) in [5.41, 5.74) is 5.04. The van der Waals surface area contributed by atoms with E-state index in [1.165, 1.54) is 12.7 Å². The monoisotopic (exact) mass is 289 g/mol. The van der Waals surface area contributed by atoms with Gasteiger partial charge in [-0.25, -0.2) is 19.9 Å². The van der Waals surface area contributed by atoms with E-state index in [2.05, 4.69) is 25.3 Å². The summed E-state index contributed by atoms with van der Waals surface area (Å²) in [4.78, 5) is 28.5. The Hall–Kier alpha value is -3.15. The molecule has 22 heavy (non-hydrogen) atoms. The van der Waals surface area contributed by atoms with Gasteiger partial charge in [-0.2, -0.15) is 0 Å². The molecule has 0 saturated heterocycles. The number of benzene rings is 1. The average molecular weight is 289 g/mol. The lowest BCUT2D eigenvalue weighted by atomic mass is 9.93. The first-order valence-corrected chi connectivity index (χ1v) is 6.81. The highest BCUT2D eigenvalue weighted by Crippen LogP contribution is 2.36. The molecule has 0 atom stereocenters. The second-order valence-electron chi connectivity index (χ2n) is 4.89. The Morgan fingerprint density at radius 2 is 1.55 bits per heavy atom. The van der Waals surface area contributed by atoms with E-state index in [1.807, 2.05) is 24.3 Å². The third-order valence-corrected chi connectivity index (χ3v) is 3.68. The first kappa shape index (κ1) is 12.6. The summed E-state index contributed by atoms with van der Waals surface area (Å²) in [5, 5.41) is 2.86. The van der Waals surface area contributed by atoms with Crippen molar-refractivity contribution in [3.05, 3.63) is 60.4 Å². The van der Waals surface area contributed by atoms with Gasteiger partial charge in [0.05, 0.1) is 11.4 Å². The molecule has 0 unspecified atom stereocenters. The molecule has 6 heteroatoms. The van der Waals surface area contributed by atoms with Crippen molar-refractivity contribution in [1.29, 1.82) is 0 Å². The molecule has 0 spiro atoms. The average Bonchev–Trinajstić information content (AvgIpc) is 2.97. The highest BCUT2D eigenvalue weighted by Gasteiger charge is 2.25. The highest BCUT2D eigenvalue weighted by atomic mass is 16.1. The summed E-state index contributed by atoms with van der Waals surface area (Å²) >= 11 is 0. The van der Waals surface area contributed by atoms with Gasteiger partial charge in [-0.15, -0.1) is 0 Å². The van der Waals surface area contributed by atoms with Crippen molar-refractivity contribution < 1.29 is 4.79 Å². The number of nitrogens with zero attached hydrogens (tertiary/aromatic N) is 4. The number of fused-ring (bicyclic) bond motifs is 1. The number of aromatic nitrogens is 4. The van der Waals surface area contributed by atoms with Gasteiger partial charge in [-0.05, 0) is 23.8 Å². The van der Waals surface area contributed by atoms with E-state index in [4.69, 9.17) is 0 Å². The Balaban J connectivity index is 2.03. The van der Waals surface area contributed by atoms with Gasteiger partial charge in [-0.3, -0.25) is 4.79 Å². The fourth-order valence-corrected chi connectivity index (χ4v) is 2.70. The third-order valence-electron chi connectivity index (χ3n) is 3.68. The van der Waals surface area contributed by atoms with Crippen LogP contribution >= 0.6 is 0 Å². The second kappa shape index (κ2) is 5.00. The van der Waals surface area contributed by atoms with Crippen molar-refractivity contribution in [2.75, 3.05) is 0 Å². The fourth-order valence-electron chi connectivity index (χ4n) is 2.70. The number of amides is 1. The largest absolute Gasteiger partial charge is 0.348 e.